The first-order valence-corrected chi connectivity index (χ1v) is 7.70. The fourth-order valence-corrected chi connectivity index (χ4v) is 2.63. The van der Waals surface area contributed by atoms with Gasteiger partial charge in [0.05, 0.1) is 25.8 Å². The van der Waals surface area contributed by atoms with E-state index in [4.69, 9.17) is 9.47 Å². The number of hydrogen-bond acceptors (Lipinski definition) is 5. The standard InChI is InChI=1S/C19H20N2O3/c1-23-18-8-7-13(11-19(18)24-2)17(22)12-21-16-9-10-20-15-6-4-3-5-14(15)16/h3-11,17,22H,12H2,1-2H3,(H,20,21). The van der Waals surface area contributed by atoms with E-state index in [1.165, 1.54) is 0 Å². The van der Waals surface area contributed by atoms with E-state index >= 15 is 0 Å². The van der Waals surface area contributed by atoms with Gasteiger partial charge >= 0.3 is 0 Å². The molecule has 0 amide bonds. The Hall–Kier alpha value is -2.79. The first-order chi connectivity index (χ1) is 11.7. The van der Waals surface area contributed by atoms with Crippen LogP contribution in [0.1, 0.15) is 11.7 Å². The third-order valence-electron chi connectivity index (χ3n) is 3.93. The van der Waals surface area contributed by atoms with Gasteiger partial charge in [0.2, 0.25) is 0 Å². The van der Waals surface area contributed by atoms with E-state index in [2.05, 4.69) is 10.3 Å². The number of hydrogen-bond donors (Lipinski definition) is 2. The van der Waals surface area contributed by atoms with Crippen molar-refractivity contribution in [1.29, 1.82) is 0 Å². The highest BCUT2D eigenvalue weighted by Gasteiger charge is 2.12. The number of aliphatic hydroxyl groups is 1. The first kappa shape index (κ1) is 16.1. The van der Waals surface area contributed by atoms with Crippen LogP contribution in [0.4, 0.5) is 5.69 Å². The summed E-state index contributed by atoms with van der Waals surface area (Å²) in [7, 11) is 3.17. The van der Waals surface area contributed by atoms with Crippen LogP contribution in [0.5, 0.6) is 11.5 Å². The van der Waals surface area contributed by atoms with Gasteiger partial charge < -0.3 is 19.9 Å². The number of aliphatic hydroxyl groups excluding tert-OH is 1. The van der Waals surface area contributed by atoms with Gasteiger partial charge in [-0.15, -0.1) is 0 Å². The molecular formula is C19H20N2O3. The Morgan fingerprint density at radius 3 is 2.62 bits per heavy atom. The van der Waals surface area contributed by atoms with Crippen molar-refractivity contribution in [3.8, 4) is 11.5 Å². The van der Waals surface area contributed by atoms with Crippen molar-refractivity contribution >= 4 is 16.6 Å². The van der Waals surface area contributed by atoms with E-state index in [0.29, 0.717) is 18.0 Å². The number of fused-ring (bicyclic) bond motifs is 1. The quantitative estimate of drug-likeness (QED) is 0.727. The summed E-state index contributed by atoms with van der Waals surface area (Å²) < 4.78 is 10.5. The fraction of sp³-hybridized carbons (Fsp3) is 0.211. The highest BCUT2D eigenvalue weighted by molar-refractivity contribution is 5.90. The molecule has 3 rings (SSSR count). The number of rotatable bonds is 6. The number of anilines is 1. The summed E-state index contributed by atoms with van der Waals surface area (Å²) in [6.07, 6.45) is 1.09. The van der Waals surface area contributed by atoms with E-state index in [0.717, 1.165) is 22.2 Å². The zero-order valence-corrected chi connectivity index (χ0v) is 13.7. The number of pyridine rings is 1. The molecule has 2 aromatic carbocycles. The summed E-state index contributed by atoms with van der Waals surface area (Å²) in [5.41, 5.74) is 2.63. The average molecular weight is 324 g/mol. The second kappa shape index (κ2) is 7.19. The summed E-state index contributed by atoms with van der Waals surface area (Å²) in [6, 6.07) is 15.2. The minimum absolute atomic E-state index is 0.378. The Morgan fingerprint density at radius 2 is 1.83 bits per heavy atom. The summed E-state index contributed by atoms with van der Waals surface area (Å²) in [5, 5.41) is 14.8. The highest BCUT2D eigenvalue weighted by atomic mass is 16.5. The van der Waals surface area contributed by atoms with Crippen LogP contribution in [0.15, 0.2) is 54.7 Å². The molecule has 0 radical (unpaired) electrons. The lowest BCUT2D eigenvalue weighted by molar-refractivity contribution is 0.191. The number of para-hydroxylation sites is 1. The van der Waals surface area contributed by atoms with Crippen molar-refractivity contribution in [3.05, 3.63) is 60.3 Å². The van der Waals surface area contributed by atoms with E-state index in [-0.39, 0.29) is 0 Å². The molecule has 1 atom stereocenters. The predicted molar refractivity (Wildman–Crippen MR) is 94.7 cm³/mol. The molecule has 3 aromatic rings. The molecule has 24 heavy (non-hydrogen) atoms. The lowest BCUT2D eigenvalue weighted by Gasteiger charge is -2.16. The Morgan fingerprint density at radius 1 is 1.04 bits per heavy atom. The van der Waals surface area contributed by atoms with Crippen LogP contribution in [0.3, 0.4) is 0 Å². The molecule has 0 aliphatic carbocycles. The number of nitrogens with zero attached hydrogens (tertiary/aromatic N) is 1. The molecule has 5 nitrogen and oxygen atoms in total. The monoisotopic (exact) mass is 324 g/mol. The van der Waals surface area contributed by atoms with Crippen molar-refractivity contribution in [2.24, 2.45) is 0 Å². The largest absolute Gasteiger partial charge is 0.493 e. The number of ether oxygens (including phenoxy) is 2. The third kappa shape index (κ3) is 3.26. The van der Waals surface area contributed by atoms with Crippen molar-refractivity contribution in [2.75, 3.05) is 26.1 Å². The predicted octanol–water partition coefficient (Wildman–Crippen LogP) is 3.40. The average Bonchev–Trinajstić information content (AvgIpc) is 2.65. The molecule has 5 heteroatoms. The van der Waals surface area contributed by atoms with Crippen LogP contribution in [0.25, 0.3) is 10.9 Å². The van der Waals surface area contributed by atoms with Crippen molar-refractivity contribution < 1.29 is 14.6 Å². The SMILES string of the molecule is COc1ccc(C(O)CNc2ccnc3ccccc23)cc1OC. The fourth-order valence-electron chi connectivity index (χ4n) is 2.63. The molecule has 0 bridgehead atoms. The molecule has 0 saturated carbocycles. The zero-order chi connectivity index (χ0) is 16.9. The van der Waals surface area contributed by atoms with Crippen molar-refractivity contribution in [2.45, 2.75) is 6.10 Å². The van der Waals surface area contributed by atoms with Crippen LogP contribution in [-0.2, 0) is 0 Å². The number of aromatic nitrogens is 1. The van der Waals surface area contributed by atoms with Gasteiger partial charge in [-0.2, -0.15) is 0 Å². The van der Waals surface area contributed by atoms with Gasteiger partial charge in [0, 0.05) is 23.8 Å². The van der Waals surface area contributed by atoms with Gasteiger partial charge in [0.15, 0.2) is 11.5 Å². The molecule has 1 heterocycles. The Bertz CT molecular complexity index is 830. The van der Waals surface area contributed by atoms with Gasteiger partial charge in [-0.05, 0) is 29.8 Å². The molecule has 0 spiro atoms. The van der Waals surface area contributed by atoms with Crippen LogP contribution >= 0.6 is 0 Å². The first-order valence-electron chi connectivity index (χ1n) is 7.70. The Balaban J connectivity index is 1.76. The molecule has 124 valence electrons. The van der Waals surface area contributed by atoms with Crippen LogP contribution in [0, 0.1) is 0 Å². The van der Waals surface area contributed by atoms with Crippen LogP contribution in [0.2, 0.25) is 0 Å². The van der Waals surface area contributed by atoms with Crippen LogP contribution < -0.4 is 14.8 Å². The maximum atomic E-state index is 10.5. The zero-order valence-electron chi connectivity index (χ0n) is 13.7. The minimum Gasteiger partial charge on any atom is -0.493 e. The van der Waals surface area contributed by atoms with E-state index in [9.17, 15) is 5.11 Å². The van der Waals surface area contributed by atoms with Crippen molar-refractivity contribution in [1.82, 2.24) is 4.98 Å². The lowest BCUT2D eigenvalue weighted by atomic mass is 10.1. The maximum Gasteiger partial charge on any atom is 0.161 e. The molecule has 1 aromatic heterocycles. The second-order valence-corrected chi connectivity index (χ2v) is 5.39. The lowest BCUT2D eigenvalue weighted by Crippen LogP contribution is -2.12. The molecule has 0 fully saturated rings. The molecule has 0 saturated heterocycles. The summed E-state index contributed by atoms with van der Waals surface area (Å²) >= 11 is 0. The van der Waals surface area contributed by atoms with Gasteiger partial charge in [-0.1, -0.05) is 24.3 Å². The Kier molecular flexibility index (Phi) is 4.82. The third-order valence-corrected chi connectivity index (χ3v) is 3.93. The smallest absolute Gasteiger partial charge is 0.161 e. The van der Waals surface area contributed by atoms with Gasteiger partial charge in [-0.25, -0.2) is 0 Å². The molecule has 2 N–H and O–H groups in total. The molecule has 1 unspecified atom stereocenters. The highest BCUT2D eigenvalue weighted by Crippen LogP contribution is 2.30. The normalized spacial score (nSPS) is 12.0. The van der Waals surface area contributed by atoms with E-state index in [1.54, 1.807) is 32.5 Å². The number of methoxy groups -OCH3 is 2. The summed E-state index contributed by atoms with van der Waals surface area (Å²) in [6.45, 7) is 0.378. The van der Waals surface area contributed by atoms with E-state index in [1.807, 2.05) is 36.4 Å². The minimum atomic E-state index is -0.670. The number of nitrogens with one attached hydrogen (secondary N) is 1. The maximum absolute atomic E-state index is 10.5. The number of benzene rings is 2. The van der Waals surface area contributed by atoms with E-state index < -0.39 is 6.10 Å². The van der Waals surface area contributed by atoms with Crippen LogP contribution in [-0.4, -0.2) is 30.9 Å². The molecule has 0 aliphatic rings. The second-order valence-electron chi connectivity index (χ2n) is 5.39. The van der Waals surface area contributed by atoms with Crippen molar-refractivity contribution in [3.63, 3.8) is 0 Å². The van der Waals surface area contributed by atoms with Gasteiger partial charge in [0.1, 0.15) is 0 Å². The molecule has 0 aliphatic heterocycles. The van der Waals surface area contributed by atoms with Gasteiger partial charge in [-0.3, -0.25) is 4.98 Å². The van der Waals surface area contributed by atoms with Gasteiger partial charge in [0.25, 0.3) is 0 Å². The molecular weight excluding hydrogens is 304 g/mol. The topological polar surface area (TPSA) is 63.6 Å². The Labute approximate surface area is 140 Å². The summed E-state index contributed by atoms with van der Waals surface area (Å²) in [4.78, 5) is 4.34. The summed E-state index contributed by atoms with van der Waals surface area (Å²) in [5.74, 6) is 1.24.